The van der Waals surface area contributed by atoms with Gasteiger partial charge in [0.1, 0.15) is 12.4 Å². The first-order chi connectivity index (χ1) is 10.8. The minimum Gasteiger partial charge on any atom is -0.491 e. The lowest BCUT2D eigenvalue weighted by atomic mass is 10.2. The SMILES string of the molecule is Clc1ccccc1OCCN1CCOC(Cn2cccn2)C1. The predicted octanol–water partition coefficient (Wildman–Crippen LogP) is 2.32. The maximum Gasteiger partial charge on any atom is 0.137 e. The van der Waals surface area contributed by atoms with Crippen LogP contribution < -0.4 is 4.74 Å². The second kappa shape index (κ2) is 7.63. The minimum absolute atomic E-state index is 0.175. The molecule has 0 radical (unpaired) electrons. The van der Waals surface area contributed by atoms with Crippen LogP contribution in [0.25, 0.3) is 0 Å². The third kappa shape index (κ3) is 4.22. The molecular formula is C16H20ClN3O2. The van der Waals surface area contributed by atoms with Gasteiger partial charge in [-0.1, -0.05) is 23.7 Å². The zero-order valence-electron chi connectivity index (χ0n) is 12.4. The third-order valence-electron chi connectivity index (χ3n) is 3.67. The van der Waals surface area contributed by atoms with Gasteiger partial charge in [0.15, 0.2) is 0 Å². The molecule has 1 fully saturated rings. The van der Waals surface area contributed by atoms with Crippen molar-refractivity contribution in [1.29, 1.82) is 0 Å². The van der Waals surface area contributed by atoms with Crippen LogP contribution in [0, 0.1) is 0 Å². The molecule has 1 saturated heterocycles. The zero-order chi connectivity index (χ0) is 15.2. The first-order valence-electron chi connectivity index (χ1n) is 7.50. The molecule has 1 unspecified atom stereocenters. The quantitative estimate of drug-likeness (QED) is 0.818. The molecular weight excluding hydrogens is 302 g/mol. The number of para-hydroxylation sites is 1. The summed E-state index contributed by atoms with van der Waals surface area (Å²) >= 11 is 6.08. The van der Waals surface area contributed by atoms with Crippen molar-refractivity contribution in [2.75, 3.05) is 32.8 Å². The summed E-state index contributed by atoms with van der Waals surface area (Å²) in [5.41, 5.74) is 0. The van der Waals surface area contributed by atoms with Gasteiger partial charge in [0.25, 0.3) is 0 Å². The first kappa shape index (κ1) is 15.3. The van der Waals surface area contributed by atoms with Gasteiger partial charge in [-0.15, -0.1) is 0 Å². The molecule has 6 heteroatoms. The summed E-state index contributed by atoms with van der Waals surface area (Å²) in [6.45, 7) is 4.85. The van der Waals surface area contributed by atoms with E-state index in [4.69, 9.17) is 21.1 Å². The van der Waals surface area contributed by atoms with E-state index in [1.165, 1.54) is 0 Å². The van der Waals surface area contributed by atoms with Crippen LogP contribution in [0.1, 0.15) is 0 Å². The van der Waals surface area contributed by atoms with Crippen LogP contribution in [-0.4, -0.2) is 53.6 Å². The molecule has 0 N–H and O–H groups in total. The Labute approximate surface area is 135 Å². The molecule has 0 saturated carbocycles. The van der Waals surface area contributed by atoms with E-state index in [0.717, 1.165) is 38.5 Å². The Morgan fingerprint density at radius 2 is 2.23 bits per heavy atom. The summed E-state index contributed by atoms with van der Waals surface area (Å²) in [6, 6.07) is 9.49. The monoisotopic (exact) mass is 321 g/mol. The molecule has 5 nitrogen and oxygen atoms in total. The van der Waals surface area contributed by atoms with E-state index >= 15 is 0 Å². The number of halogens is 1. The Bertz CT molecular complexity index is 577. The standard InChI is InChI=1S/C16H20ClN3O2/c17-15-4-1-2-5-16(15)22-11-9-19-8-10-21-14(12-19)13-20-7-3-6-18-20/h1-7,14H,8-13H2. The van der Waals surface area contributed by atoms with Gasteiger partial charge in [-0.05, 0) is 18.2 Å². The van der Waals surface area contributed by atoms with E-state index in [2.05, 4.69) is 10.00 Å². The highest BCUT2D eigenvalue weighted by atomic mass is 35.5. The van der Waals surface area contributed by atoms with Crippen LogP contribution in [0.5, 0.6) is 5.75 Å². The number of ether oxygens (including phenoxy) is 2. The van der Waals surface area contributed by atoms with Crippen LogP contribution in [0.15, 0.2) is 42.7 Å². The average Bonchev–Trinajstić information content (AvgIpc) is 3.03. The normalized spacial score (nSPS) is 19.2. The Morgan fingerprint density at radius 3 is 3.05 bits per heavy atom. The molecule has 1 aliphatic heterocycles. The summed E-state index contributed by atoms with van der Waals surface area (Å²) in [5, 5.41) is 4.88. The molecule has 0 bridgehead atoms. The highest BCUT2D eigenvalue weighted by molar-refractivity contribution is 6.32. The fourth-order valence-corrected chi connectivity index (χ4v) is 2.75. The van der Waals surface area contributed by atoms with Crippen molar-refractivity contribution in [3.8, 4) is 5.75 Å². The van der Waals surface area contributed by atoms with Crippen LogP contribution in [0.4, 0.5) is 0 Å². The fraction of sp³-hybridized carbons (Fsp3) is 0.438. The lowest BCUT2D eigenvalue weighted by molar-refractivity contribution is -0.0400. The van der Waals surface area contributed by atoms with E-state index < -0.39 is 0 Å². The molecule has 2 heterocycles. The molecule has 22 heavy (non-hydrogen) atoms. The Kier molecular flexibility index (Phi) is 5.32. The molecule has 3 rings (SSSR count). The van der Waals surface area contributed by atoms with E-state index in [1.807, 2.05) is 41.2 Å². The summed E-state index contributed by atoms with van der Waals surface area (Å²) in [4.78, 5) is 2.36. The first-order valence-corrected chi connectivity index (χ1v) is 7.88. The molecule has 2 aromatic rings. The molecule has 0 spiro atoms. The lowest BCUT2D eigenvalue weighted by Crippen LogP contribution is -2.45. The van der Waals surface area contributed by atoms with Gasteiger partial charge in [-0.2, -0.15) is 5.10 Å². The van der Waals surface area contributed by atoms with Crippen LogP contribution in [0.2, 0.25) is 5.02 Å². The van der Waals surface area contributed by atoms with Crippen molar-refractivity contribution in [2.45, 2.75) is 12.6 Å². The second-order valence-electron chi connectivity index (χ2n) is 5.30. The van der Waals surface area contributed by atoms with Gasteiger partial charge < -0.3 is 9.47 Å². The Hall–Kier alpha value is -1.56. The fourth-order valence-electron chi connectivity index (χ4n) is 2.56. The van der Waals surface area contributed by atoms with Crippen molar-refractivity contribution in [1.82, 2.24) is 14.7 Å². The Balaban J connectivity index is 1.43. The average molecular weight is 322 g/mol. The molecule has 118 valence electrons. The maximum atomic E-state index is 6.08. The van der Waals surface area contributed by atoms with Crippen molar-refractivity contribution in [3.05, 3.63) is 47.7 Å². The molecule has 1 aromatic carbocycles. The number of rotatable bonds is 6. The highest BCUT2D eigenvalue weighted by Gasteiger charge is 2.20. The van der Waals surface area contributed by atoms with Crippen molar-refractivity contribution >= 4 is 11.6 Å². The van der Waals surface area contributed by atoms with E-state index in [1.54, 1.807) is 6.20 Å². The molecule has 1 aliphatic rings. The van der Waals surface area contributed by atoms with Gasteiger partial charge in [-0.25, -0.2) is 0 Å². The van der Waals surface area contributed by atoms with Crippen molar-refractivity contribution in [3.63, 3.8) is 0 Å². The Morgan fingerprint density at radius 1 is 1.32 bits per heavy atom. The summed E-state index contributed by atoms with van der Waals surface area (Å²) < 4.78 is 13.5. The summed E-state index contributed by atoms with van der Waals surface area (Å²) in [7, 11) is 0. The van der Waals surface area contributed by atoms with Gasteiger partial charge >= 0.3 is 0 Å². The second-order valence-corrected chi connectivity index (χ2v) is 5.71. The van der Waals surface area contributed by atoms with E-state index in [9.17, 15) is 0 Å². The number of hydrogen-bond acceptors (Lipinski definition) is 4. The number of aromatic nitrogens is 2. The van der Waals surface area contributed by atoms with Gasteiger partial charge in [0, 0.05) is 32.0 Å². The topological polar surface area (TPSA) is 39.5 Å². The smallest absolute Gasteiger partial charge is 0.137 e. The van der Waals surface area contributed by atoms with Gasteiger partial charge in [0.05, 0.1) is 24.3 Å². The number of nitrogens with zero attached hydrogens (tertiary/aromatic N) is 3. The van der Waals surface area contributed by atoms with E-state index in [0.29, 0.717) is 11.6 Å². The van der Waals surface area contributed by atoms with Gasteiger partial charge in [0.2, 0.25) is 0 Å². The third-order valence-corrected chi connectivity index (χ3v) is 3.99. The van der Waals surface area contributed by atoms with E-state index in [-0.39, 0.29) is 6.10 Å². The lowest BCUT2D eigenvalue weighted by Gasteiger charge is -2.32. The van der Waals surface area contributed by atoms with Crippen LogP contribution in [-0.2, 0) is 11.3 Å². The predicted molar refractivity (Wildman–Crippen MR) is 85.4 cm³/mol. The number of hydrogen-bond donors (Lipinski definition) is 0. The largest absolute Gasteiger partial charge is 0.491 e. The highest BCUT2D eigenvalue weighted by Crippen LogP contribution is 2.22. The van der Waals surface area contributed by atoms with Crippen molar-refractivity contribution in [2.24, 2.45) is 0 Å². The number of morpholine rings is 1. The summed E-state index contributed by atoms with van der Waals surface area (Å²) in [5.74, 6) is 0.741. The molecule has 1 aromatic heterocycles. The van der Waals surface area contributed by atoms with Crippen LogP contribution in [0.3, 0.4) is 0 Å². The number of benzene rings is 1. The molecule has 0 aliphatic carbocycles. The molecule has 0 amide bonds. The van der Waals surface area contributed by atoms with Crippen molar-refractivity contribution < 1.29 is 9.47 Å². The summed E-state index contributed by atoms with van der Waals surface area (Å²) in [6.07, 6.45) is 3.93. The molecule has 1 atom stereocenters. The maximum absolute atomic E-state index is 6.08. The zero-order valence-corrected chi connectivity index (χ0v) is 13.2. The van der Waals surface area contributed by atoms with Crippen LogP contribution >= 0.6 is 11.6 Å². The van der Waals surface area contributed by atoms with Gasteiger partial charge in [-0.3, -0.25) is 9.58 Å². The minimum atomic E-state index is 0.175.